The maximum Gasteiger partial charge on any atom is 0.339 e. The summed E-state index contributed by atoms with van der Waals surface area (Å²) >= 11 is 0. The molecule has 31 heavy (non-hydrogen) atoms. The molecule has 4 aromatic rings. The number of fused-ring (bicyclic) bond motifs is 2. The number of hydrogen-bond acceptors (Lipinski definition) is 3. The second-order valence-corrected chi connectivity index (χ2v) is 7.75. The fourth-order valence-electron chi connectivity index (χ4n) is 4.14. The lowest BCUT2D eigenvalue weighted by molar-refractivity contribution is 0.0252. The van der Waals surface area contributed by atoms with Crippen molar-refractivity contribution in [3.63, 3.8) is 0 Å². The van der Waals surface area contributed by atoms with E-state index in [2.05, 4.69) is 16.4 Å². The van der Waals surface area contributed by atoms with Crippen molar-refractivity contribution in [3.8, 4) is 0 Å². The summed E-state index contributed by atoms with van der Waals surface area (Å²) in [6, 6.07) is 23.0. The van der Waals surface area contributed by atoms with Gasteiger partial charge in [0, 0.05) is 35.6 Å². The summed E-state index contributed by atoms with van der Waals surface area (Å²) in [4.78, 5) is 28.4. The van der Waals surface area contributed by atoms with Gasteiger partial charge in [0.05, 0.1) is 5.56 Å². The average molecular weight is 410 g/mol. The highest BCUT2D eigenvalue weighted by Crippen LogP contribution is 2.31. The third-order valence-electron chi connectivity index (χ3n) is 5.77. The first-order valence-corrected chi connectivity index (χ1v) is 10.4. The Morgan fingerprint density at radius 1 is 1.03 bits per heavy atom. The monoisotopic (exact) mass is 410 g/mol. The van der Waals surface area contributed by atoms with Crippen LogP contribution in [0.15, 0.2) is 79.0 Å². The second kappa shape index (κ2) is 8.11. The molecule has 1 amide bonds. The van der Waals surface area contributed by atoms with E-state index in [1.165, 1.54) is 10.9 Å². The summed E-state index contributed by atoms with van der Waals surface area (Å²) in [5, 5.41) is 4.17. The summed E-state index contributed by atoms with van der Waals surface area (Å²) in [5.41, 5.74) is 5.15. The Morgan fingerprint density at radius 2 is 1.84 bits per heavy atom. The zero-order chi connectivity index (χ0) is 21.2. The van der Waals surface area contributed by atoms with Crippen molar-refractivity contribution >= 4 is 22.8 Å². The van der Waals surface area contributed by atoms with E-state index in [9.17, 15) is 9.59 Å². The number of hydrogen-bond donors (Lipinski definition) is 2. The van der Waals surface area contributed by atoms with Gasteiger partial charge in [-0.1, -0.05) is 48.5 Å². The number of carbonyl (C=O) groups is 2. The Morgan fingerprint density at radius 3 is 2.71 bits per heavy atom. The van der Waals surface area contributed by atoms with Gasteiger partial charge in [0.1, 0.15) is 6.10 Å². The first-order valence-electron chi connectivity index (χ1n) is 10.4. The Balaban J connectivity index is 1.28. The number of cyclic esters (lactones) is 1. The van der Waals surface area contributed by atoms with E-state index in [0.29, 0.717) is 24.1 Å². The summed E-state index contributed by atoms with van der Waals surface area (Å²) in [7, 11) is 0. The molecule has 3 aromatic carbocycles. The van der Waals surface area contributed by atoms with Crippen molar-refractivity contribution in [3.05, 3.63) is 107 Å². The van der Waals surface area contributed by atoms with Crippen molar-refractivity contribution in [2.45, 2.75) is 18.9 Å². The topological polar surface area (TPSA) is 71.2 Å². The molecule has 2 heterocycles. The molecule has 0 aliphatic carbocycles. The lowest BCUT2D eigenvalue weighted by Crippen LogP contribution is -2.27. The van der Waals surface area contributed by atoms with Gasteiger partial charge in [-0.2, -0.15) is 0 Å². The number of carbonyl (C=O) groups excluding carboxylic acids is 2. The van der Waals surface area contributed by atoms with Crippen LogP contribution in [0.5, 0.6) is 0 Å². The van der Waals surface area contributed by atoms with Crippen LogP contribution < -0.4 is 5.32 Å². The number of aromatic amines is 1. The zero-order valence-electron chi connectivity index (χ0n) is 16.9. The molecule has 0 spiro atoms. The van der Waals surface area contributed by atoms with Crippen LogP contribution in [0.4, 0.5) is 0 Å². The predicted octanol–water partition coefficient (Wildman–Crippen LogP) is 4.59. The highest BCUT2D eigenvalue weighted by Gasteiger charge is 2.28. The van der Waals surface area contributed by atoms with Crippen LogP contribution in [-0.2, 0) is 17.6 Å². The van der Waals surface area contributed by atoms with Gasteiger partial charge >= 0.3 is 5.97 Å². The Kier molecular flexibility index (Phi) is 5.00. The number of rotatable bonds is 5. The summed E-state index contributed by atoms with van der Waals surface area (Å²) in [6.45, 7) is 0.534. The number of ether oxygens (including phenoxy) is 1. The van der Waals surface area contributed by atoms with Crippen LogP contribution in [0.2, 0.25) is 0 Å². The first kappa shape index (κ1) is 19.1. The maximum atomic E-state index is 12.7. The minimum atomic E-state index is -0.346. The molecule has 5 nitrogen and oxygen atoms in total. The molecular formula is C26H22N2O3. The van der Waals surface area contributed by atoms with Crippen LogP contribution >= 0.6 is 0 Å². The number of aromatic nitrogens is 1. The van der Waals surface area contributed by atoms with Gasteiger partial charge in [-0.25, -0.2) is 4.79 Å². The van der Waals surface area contributed by atoms with Crippen LogP contribution in [0.25, 0.3) is 10.9 Å². The molecule has 0 saturated carbocycles. The molecule has 2 N–H and O–H groups in total. The van der Waals surface area contributed by atoms with Crippen LogP contribution in [0.3, 0.4) is 0 Å². The molecule has 0 fully saturated rings. The van der Waals surface area contributed by atoms with Crippen LogP contribution in [0, 0.1) is 0 Å². The maximum absolute atomic E-state index is 12.7. The SMILES string of the molecule is O=C(NCCc1c[nH]c2ccccc12)c1ccc2c(c1)CC(c1ccccc1)OC2=O. The molecule has 0 bridgehead atoms. The van der Waals surface area contributed by atoms with Gasteiger partial charge < -0.3 is 15.0 Å². The fraction of sp³-hybridized carbons (Fsp3) is 0.154. The number of nitrogens with one attached hydrogen (secondary N) is 2. The average Bonchev–Trinajstić information content (AvgIpc) is 3.22. The largest absolute Gasteiger partial charge is 0.454 e. The molecule has 1 aromatic heterocycles. The van der Waals surface area contributed by atoms with Crippen molar-refractivity contribution in [2.24, 2.45) is 0 Å². The second-order valence-electron chi connectivity index (χ2n) is 7.75. The van der Waals surface area contributed by atoms with Crippen molar-refractivity contribution in [1.82, 2.24) is 10.3 Å². The molecule has 0 saturated heterocycles. The summed E-state index contributed by atoms with van der Waals surface area (Å²) in [6.07, 6.45) is 2.96. The molecule has 1 aliphatic rings. The van der Waals surface area contributed by atoms with E-state index in [-0.39, 0.29) is 18.0 Å². The molecule has 5 heteroatoms. The van der Waals surface area contributed by atoms with Crippen molar-refractivity contribution in [1.29, 1.82) is 0 Å². The third kappa shape index (κ3) is 3.82. The standard InChI is InChI=1S/C26H22N2O3/c29-25(27-13-12-19-16-28-23-9-5-4-8-21(19)23)18-10-11-22-20(14-18)15-24(31-26(22)30)17-6-2-1-3-7-17/h1-11,14,16,24,28H,12-13,15H2,(H,27,29). The lowest BCUT2D eigenvalue weighted by Gasteiger charge is -2.25. The highest BCUT2D eigenvalue weighted by atomic mass is 16.5. The Hall–Kier alpha value is -3.86. The van der Waals surface area contributed by atoms with Gasteiger partial charge in [0.2, 0.25) is 0 Å². The molecule has 154 valence electrons. The van der Waals surface area contributed by atoms with Crippen molar-refractivity contribution in [2.75, 3.05) is 6.54 Å². The molecule has 1 unspecified atom stereocenters. The van der Waals surface area contributed by atoms with E-state index < -0.39 is 0 Å². The van der Waals surface area contributed by atoms with E-state index >= 15 is 0 Å². The zero-order valence-corrected chi connectivity index (χ0v) is 16.9. The number of H-pyrrole nitrogens is 1. The molecule has 5 rings (SSSR count). The minimum Gasteiger partial charge on any atom is -0.454 e. The number of esters is 1. The predicted molar refractivity (Wildman–Crippen MR) is 119 cm³/mol. The van der Waals surface area contributed by atoms with E-state index in [1.807, 2.05) is 60.8 Å². The quantitative estimate of drug-likeness (QED) is 0.473. The van der Waals surface area contributed by atoms with Crippen LogP contribution in [0.1, 0.15) is 43.5 Å². The van der Waals surface area contributed by atoms with Gasteiger partial charge in [-0.05, 0) is 47.4 Å². The number of para-hydroxylation sites is 1. The van der Waals surface area contributed by atoms with Crippen LogP contribution in [-0.4, -0.2) is 23.4 Å². The van der Waals surface area contributed by atoms with Crippen molar-refractivity contribution < 1.29 is 14.3 Å². The van der Waals surface area contributed by atoms with Gasteiger partial charge in [-0.15, -0.1) is 0 Å². The normalized spacial score (nSPS) is 15.4. The number of benzene rings is 3. The van der Waals surface area contributed by atoms with E-state index in [0.717, 1.165) is 23.1 Å². The van der Waals surface area contributed by atoms with Gasteiger partial charge in [0.15, 0.2) is 0 Å². The number of amides is 1. The fourth-order valence-corrected chi connectivity index (χ4v) is 4.14. The lowest BCUT2D eigenvalue weighted by atomic mass is 9.93. The molecule has 1 aliphatic heterocycles. The Labute approximate surface area is 180 Å². The summed E-state index contributed by atoms with van der Waals surface area (Å²) in [5.74, 6) is -0.487. The molecule has 0 radical (unpaired) electrons. The highest BCUT2D eigenvalue weighted by molar-refractivity contribution is 5.97. The first-order chi connectivity index (χ1) is 15.2. The van der Waals surface area contributed by atoms with Gasteiger partial charge in [-0.3, -0.25) is 4.79 Å². The molecular weight excluding hydrogens is 388 g/mol. The molecule has 1 atom stereocenters. The minimum absolute atomic E-state index is 0.141. The third-order valence-corrected chi connectivity index (χ3v) is 5.77. The summed E-state index contributed by atoms with van der Waals surface area (Å²) < 4.78 is 5.60. The smallest absolute Gasteiger partial charge is 0.339 e. The van der Waals surface area contributed by atoms with E-state index in [4.69, 9.17) is 4.74 Å². The van der Waals surface area contributed by atoms with E-state index in [1.54, 1.807) is 12.1 Å². The van der Waals surface area contributed by atoms with Gasteiger partial charge in [0.25, 0.3) is 5.91 Å². The Bertz CT molecular complexity index is 1260.